The summed E-state index contributed by atoms with van der Waals surface area (Å²) in [5.41, 5.74) is 1.90. The smallest absolute Gasteiger partial charge is 0.321 e. The van der Waals surface area contributed by atoms with Gasteiger partial charge in [-0.3, -0.25) is 4.79 Å². The third-order valence-corrected chi connectivity index (χ3v) is 5.41. The largest absolute Gasteiger partial charge is 0.381 e. The number of amides is 3. The molecule has 6 nitrogen and oxygen atoms in total. The van der Waals surface area contributed by atoms with Crippen LogP contribution in [0.1, 0.15) is 31.2 Å². The average Bonchev–Trinajstić information content (AvgIpc) is 2.67. The second kappa shape index (κ2) is 8.54. The van der Waals surface area contributed by atoms with Gasteiger partial charge in [-0.25, -0.2) is 4.79 Å². The van der Waals surface area contributed by atoms with Crippen LogP contribution in [-0.4, -0.2) is 61.1 Å². The summed E-state index contributed by atoms with van der Waals surface area (Å²) in [4.78, 5) is 29.1. The van der Waals surface area contributed by atoms with Gasteiger partial charge in [-0.15, -0.1) is 0 Å². The van der Waals surface area contributed by atoms with Crippen LogP contribution in [-0.2, 0) is 9.53 Å². The lowest BCUT2D eigenvalue weighted by molar-refractivity contribution is -0.139. The lowest BCUT2D eigenvalue weighted by Gasteiger charge is -2.37. The van der Waals surface area contributed by atoms with Crippen LogP contribution in [0.25, 0.3) is 0 Å². The number of hydrogen-bond donors (Lipinski definition) is 1. The van der Waals surface area contributed by atoms with Gasteiger partial charge >= 0.3 is 6.03 Å². The minimum atomic E-state index is -0.119. The molecule has 0 bridgehead atoms. The molecule has 2 aliphatic heterocycles. The van der Waals surface area contributed by atoms with Crippen LogP contribution in [0.4, 0.5) is 10.5 Å². The number of urea groups is 1. The standard InChI is InChI=1S/C20H29N3O3/c1-15-5-3-7-17(13-15)21-20(25)23-10-4-6-16(14-23)19(24)22-11-8-18(26-2)9-12-22/h3,5,7,13,16,18H,4,6,8-12,14H2,1-2H3,(H,21,25). The Morgan fingerprint density at radius 3 is 2.58 bits per heavy atom. The monoisotopic (exact) mass is 359 g/mol. The first kappa shape index (κ1) is 18.7. The first-order valence-corrected chi connectivity index (χ1v) is 9.51. The van der Waals surface area contributed by atoms with Crippen molar-refractivity contribution in [1.29, 1.82) is 0 Å². The van der Waals surface area contributed by atoms with Gasteiger partial charge in [-0.05, 0) is 50.3 Å². The molecule has 1 aromatic rings. The van der Waals surface area contributed by atoms with Crippen molar-refractivity contribution in [2.24, 2.45) is 5.92 Å². The predicted octanol–water partition coefficient (Wildman–Crippen LogP) is 2.88. The van der Waals surface area contributed by atoms with Crippen LogP contribution in [0.2, 0.25) is 0 Å². The molecule has 26 heavy (non-hydrogen) atoms. The average molecular weight is 359 g/mol. The van der Waals surface area contributed by atoms with E-state index in [0.717, 1.165) is 50.0 Å². The predicted molar refractivity (Wildman–Crippen MR) is 101 cm³/mol. The highest BCUT2D eigenvalue weighted by molar-refractivity contribution is 5.90. The molecule has 142 valence electrons. The Bertz CT molecular complexity index is 641. The van der Waals surface area contributed by atoms with Crippen molar-refractivity contribution in [2.45, 2.75) is 38.7 Å². The summed E-state index contributed by atoms with van der Waals surface area (Å²) in [6, 6.07) is 7.64. The van der Waals surface area contributed by atoms with E-state index < -0.39 is 0 Å². The van der Waals surface area contributed by atoms with Crippen molar-refractivity contribution in [3.05, 3.63) is 29.8 Å². The summed E-state index contributed by atoms with van der Waals surface area (Å²) in [7, 11) is 1.73. The van der Waals surface area contributed by atoms with E-state index in [4.69, 9.17) is 4.74 Å². The van der Waals surface area contributed by atoms with Gasteiger partial charge in [-0.1, -0.05) is 12.1 Å². The number of anilines is 1. The number of carbonyl (C=O) groups excluding carboxylic acids is 2. The Morgan fingerprint density at radius 1 is 1.12 bits per heavy atom. The zero-order valence-electron chi connectivity index (χ0n) is 15.7. The zero-order valence-corrected chi connectivity index (χ0v) is 15.7. The van der Waals surface area contributed by atoms with Gasteiger partial charge in [0.2, 0.25) is 5.91 Å². The first-order valence-electron chi connectivity index (χ1n) is 9.51. The summed E-state index contributed by atoms with van der Waals surface area (Å²) < 4.78 is 5.38. The fraction of sp³-hybridized carbons (Fsp3) is 0.600. The Morgan fingerprint density at radius 2 is 1.88 bits per heavy atom. The lowest BCUT2D eigenvalue weighted by atomic mass is 9.95. The van der Waals surface area contributed by atoms with E-state index in [1.807, 2.05) is 36.1 Å². The third-order valence-electron chi connectivity index (χ3n) is 5.41. The van der Waals surface area contributed by atoms with Crippen molar-refractivity contribution in [2.75, 3.05) is 38.6 Å². The molecule has 0 aliphatic carbocycles. The number of aryl methyl sites for hydroxylation is 1. The molecule has 1 N–H and O–H groups in total. The molecule has 6 heteroatoms. The summed E-state index contributed by atoms with van der Waals surface area (Å²) in [5, 5.41) is 2.95. The molecule has 2 saturated heterocycles. The number of rotatable bonds is 3. The molecular weight excluding hydrogens is 330 g/mol. The molecule has 3 rings (SSSR count). The molecule has 1 aromatic carbocycles. The second-order valence-electron chi connectivity index (χ2n) is 7.35. The van der Waals surface area contributed by atoms with Crippen LogP contribution >= 0.6 is 0 Å². The van der Waals surface area contributed by atoms with Gasteiger partial charge in [0, 0.05) is 39.0 Å². The van der Waals surface area contributed by atoms with Crippen molar-refractivity contribution in [3.8, 4) is 0 Å². The molecule has 0 radical (unpaired) electrons. The minimum Gasteiger partial charge on any atom is -0.381 e. The summed E-state index contributed by atoms with van der Waals surface area (Å²) >= 11 is 0. The van der Waals surface area contributed by atoms with Crippen LogP contribution in [0.5, 0.6) is 0 Å². The Labute approximate surface area is 155 Å². The fourth-order valence-electron chi connectivity index (χ4n) is 3.86. The van der Waals surface area contributed by atoms with Crippen LogP contribution < -0.4 is 5.32 Å². The number of carbonyl (C=O) groups is 2. The topological polar surface area (TPSA) is 61.9 Å². The molecule has 3 amide bonds. The number of benzene rings is 1. The van der Waals surface area contributed by atoms with E-state index in [2.05, 4.69) is 5.32 Å². The van der Waals surface area contributed by atoms with Gasteiger partial charge in [0.25, 0.3) is 0 Å². The van der Waals surface area contributed by atoms with Crippen LogP contribution in [0.3, 0.4) is 0 Å². The van der Waals surface area contributed by atoms with Gasteiger partial charge in [-0.2, -0.15) is 0 Å². The normalized spacial score (nSPS) is 21.5. The van der Waals surface area contributed by atoms with E-state index in [-0.39, 0.29) is 24.0 Å². The molecule has 2 aliphatic rings. The minimum absolute atomic E-state index is 0.0916. The van der Waals surface area contributed by atoms with E-state index in [1.165, 1.54) is 0 Å². The molecule has 1 unspecified atom stereocenters. The van der Waals surface area contributed by atoms with Crippen LogP contribution in [0, 0.1) is 12.8 Å². The second-order valence-corrected chi connectivity index (χ2v) is 7.35. The maximum atomic E-state index is 12.8. The first-order chi connectivity index (χ1) is 12.6. The maximum Gasteiger partial charge on any atom is 0.321 e. The molecule has 0 spiro atoms. The van der Waals surface area contributed by atoms with E-state index in [1.54, 1.807) is 12.0 Å². The number of nitrogens with zero attached hydrogens (tertiary/aromatic N) is 2. The zero-order chi connectivity index (χ0) is 18.5. The Hall–Kier alpha value is -2.08. The Balaban J connectivity index is 1.55. The highest BCUT2D eigenvalue weighted by Gasteiger charge is 2.33. The van der Waals surface area contributed by atoms with Crippen molar-refractivity contribution in [3.63, 3.8) is 0 Å². The third kappa shape index (κ3) is 4.55. The number of ether oxygens (including phenoxy) is 1. The van der Waals surface area contributed by atoms with E-state index >= 15 is 0 Å². The van der Waals surface area contributed by atoms with Crippen molar-refractivity contribution in [1.82, 2.24) is 9.80 Å². The number of piperidine rings is 2. The number of hydrogen-bond acceptors (Lipinski definition) is 3. The molecule has 0 saturated carbocycles. The summed E-state index contributed by atoms with van der Waals surface area (Å²) in [5.74, 6) is 0.0960. The van der Waals surface area contributed by atoms with Gasteiger partial charge in [0.15, 0.2) is 0 Å². The Kier molecular flexibility index (Phi) is 6.14. The van der Waals surface area contributed by atoms with E-state index in [9.17, 15) is 9.59 Å². The SMILES string of the molecule is COC1CCN(C(=O)C2CCCN(C(=O)Nc3cccc(C)c3)C2)CC1. The molecule has 1 atom stereocenters. The summed E-state index contributed by atoms with van der Waals surface area (Å²) in [6.07, 6.45) is 3.78. The van der Waals surface area contributed by atoms with Crippen molar-refractivity contribution >= 4 is 17.6 Å². The highest BCUT2D eigenvalue weighted by atomic mass is 16.5. The molecular formula is C20H29N3O3. The maximum absolute atomic E-state index is 12.8. The van der Waals surface area contributed by atoms with Crippen molar-refractivity contribution < 1.29 is 14.3 Å². The lowest BCUT2D eigenvalue weighted by Crippen LogP contribution is -2.50. The van der Waals surface area contributed by atoms with Gasteiger partial charge < -0.3 is 19.9 Å². The quantitative estimate of drug-likeness (QED) is 0.903. The number of likely N-dealkylation sites (tertiary alicyclic amines) is 2. The molecule has 0 aromatic heterocycles. The number of nitrogens with one attached hydrogen (secondary N) is 1. The molecule has 2 heterocycles. The van der Waals surface area contributed by atoms with Gasteiger partial charge in [0.1, 0.15) is 0 Å². The number of methoxy groups -OCH3 is 1. The van der Waals surface area contributed by atoms with Crippen LogP contribution in [0.15, 0.2) is 24.3 Å². The fourth-order valence-corrected chi connectivity index (χ4v) is 3.86. The van der Waals surface area contributed by atoms with Gasteiger partial charge in [0.05, 0.1) is 12.0 Å². The summed E-state index contributed by atoms with van der Waals surface area (Å²) in [6.45, 7) is 4.71. The van der Waals surface area contributed by atoms with E-state index in [0.29, 0.717) is 13.1 Å². The highest BCUT2D eigenvalue weighted by Crippen LogP contribution is 2.22. The molecule has 2 fully saturated rings.